The van der Waals surface area contributed by atoms with Crippen LogP contribution >= 0.6 is 0 Å². The lowest BCUT2D eigenvalue weighted by molar-refractivity contribution is -0.365. The SMILES string of the molecule is CCN=c1ccc2c(-c3ccc(C(NCC[O-])C(=O)[O-])c(OCCOc4cc(C)ccc4N(CC[O-])CC(=O)[O-])c3)c3ccc(C)cc3oc-2c1. The minimum absolute atomic E-state index is 0.0142. The molecule has 0 aromatic heterocycles. The number of nitrogens with one attached hydrogen (secondary N) is 1. The third-order valence-corrected chi connectivity index (χ3v) is 8.24. The molecule has 51 heavy (non-hydrogen) atoms. The summed E-state index contributed by atoms with van der Waals surface area (Å²) in [5.41, 5.74) is 5.58. The summed E-state index contributed by atoms with van der Waals surface area (Å²) >= 11 is 0. The van der Waals surface area contributed by atoms with E-state index < -0.39 is 37.7 Å². The van der Waals surface area contributed by atoms with E-state index in [0.29, 0.717) is 29.3 Å². The molecule has 1 atom stereocenters. The summed E-state index contributed by atoms with van der Waals surface area (Å²) in [7, 11) is 0. The second-order valence-corrected chi connectivity index (χ2v) is 12.0. The summed E-state index contributed by atoms with van der Waals surface area (Å²) in [5.74, 6) is -1.56. The van der Waals surface area contributed by atoms with Crippen molar-refractivity contribution in [3.05, 3.63) is 94.8 Å². The monoisotopic (exact) mass is 693 g/mol. The third-order valence-electron chi connectivity index (χ3n) is 8.24. The highest BCUT2D eigenvalue weighted by Crippen LogP contribution is 2.42. The van der Waals surface area contributed by atoms with Crippen LogP contribution in [0.1, 0.15) is 29.7 Å². The Morgan fingerprint density at radius 1 is 0.882 bits per heavy atom. The number of carbonyl (C=O) groups is 2. The molecule has 0 saturated carbocycles. The largest absolute Gasteiger partial charge is 0.854 e. The van der Waals surface area contributed by atoms with Crippen LogP contribution in [0, 0.1) is 13.8 Å². The molecule has 5 rings (SSSR count). The Morgan fingerprint density at radius 2 is 1.63 bits per heavy atom. The maximum Gasteiger partial charge on any atom is 0.143 e. The highest BCUT2D eigenvalue weighted by molar-refractivity contribution is 6.02. The molecule has 0 fully saturated rings. The Bertz CT molecular complexity index is 2040. The van der Waals surface area contributed by atoms with E-state index in [2.05, 4.69) is 10.3 Å². The van der Waals surface area contributed by atoms with Gasteiger partial charge in [0.25, 0.3) is 0 Å². The number of carboxylic acid groups (broad SMARTS) is 2. The number of carboxylic acids is 2. The molecular formula is C39H39N3O9-4. The first-order valence-electron chi connectivity index (χ1n) is 16.7. The molecule has 1 unspecified atom stereocenters. The Hall–Kier alpha value is -5.43. The van der Waals surface area contributed by atoms with E-state index in [-0.39, 0.29) is 37.6 Å². The molecule has 0 saturated heterocycles. The fourth-order valence-electron chi connectivity index (χ4n) is 6.01. The minimum Gasteiger partial charge on any atom is -0.854 e. The Labute approximate surface area is 295 Å². The number of nitrogens with zero attached hydrogens (tertiary/aromatic N) is 2. The molecule has 1 aliphatic heterocycles. The number of ether oxygens (including phenoxy) is 2. The molecule has 12 nitrogen and oxygen atoms in total. The molecule has 0 spiro atoms. The summed E-state index contributed by atoms with van der Waals surface area (Å²) in [5, 5.41) is 50.8. The topological polar surface area (TPSA) is 186 Å². The first-order chi connectivity index (χ1) is 24.6. The van der Waals surface area contributed by atoms with Crippen molar-refractivity contribution in [2.24, 2.45) is 4.99 Å². The fraction of sp³-hybridized carbons (Fsp3) is 0.308. The number of hydrogen-bond acceptors (Lipinski definition) is 12. The van der Waals surface area contributed by atoms with Gasteiger partial charge in [0.1, 0.15) is 36.1 Å². The molecule has 268 valence electrons. The first-order valence-corrected chi connectivity index (χ1v) is 16.7. The van der Waals surface area contributed by atoms with Gasteiger partial charge in [-0.05, 0) is 80.4 Å². The summed E-state index contributed by atoms with van der Waals surface area (Å²) < 4.78 is 18.6. The van der Waals surface area contributed by atoms with E-state index >= 15 is 0 Å². The van der Waals surface area contributed by atoms with E-state index in [1.165, 1.54) is 4.90 Å². The molecule has 1 N–H and O–H groups in total. The molecule has 12 heteroatoms. The van der Waals surface area contributed by atoms with Crippen LogP contribution in [0.3, 0.4) is 0 Å². The lowest BCUT2D eigenvalue weighted by Crippen LogP contribution is -2.41. The normalized spacial score (nSPS) is 12.3. The number of aryl methyl sites for hydroxylation is 2. The molecule has 0 amide bonds. The highest BCUT2D eigenvalue weighted by atomic mass is 16.5. The van der Waals surface area contributed by atoms with Crippen LogP contribution in [0.25, 0.3) is 33.4 Å². The van der Waals surface area contributed by atoms with Crippen LogP contribution in [-0.4, -0.2) is 64.5 Å². The van der Waals surface area contributed by atoms with Gasteiger partial charge in [0.2, 0.25) is 0 Å². The zero-order chi connectivity index (χ0) is 36.5. The quantitative estimate of drug-likeness (QED) is 0.108. The zero-order valence-electron chi connectivity index (χ0n) is 28.7. The van der Waals surface area contributed by atoms with Gasteiger partial charge in [-0.25, -0.2) is 0 Å². The maximum atomic E-state index is 12.3. The van der Waals surface area contributed by atoms with E-state index in [1.807, 2.05) is 57.2 Å². The lowest BCUT2D eigenvalue weighted by atomic mass is 9.91. The second kappa shape index (κ2) is 17.0. The van der Waals surface area contributed by atoms with Crippen LogP contribution in [0.15, 0.2) is 82.2 Å². The molecule has 3 aromatic rings. The van der Waals surface area contributed by atoms with Crippen molar-refractivity contribution in [3.8, 4) is 33.9 Å². The maximum absolute atomic E-state index is 12.3. The molecule has 2 aliphatic rings. The number of aliphatic carboxylic acids is 2. The molecule has 3 aromatic carbocycles. The number of anilines is 1. The van der Waals surface area contributed by atoms with Crippen LogP contribution in [0.5, 0.6) is 11.5 Å². The average molecular weight is 694 g/mol. The van der Waals surface area contributed by atoms with Gasteiger partial charge in [0.05, 0.1) is 35.6 Å². The van der Waals surface area contributed by atoms with Crippen molar-refractivity contribution in [2.75, 3.05) is 57.5 Å². The first kappa shape index (κ1) is 36.8. The molecule has 0 radical (unpaired) electrons. The van der Waals surface area contributed by atoms with Gasteiger partial charge in [-0.3, -0.25) is 4.99 Å². The van der Waals surface area contributed by atoms with Crippen molar-refractivity contribution < 1.29 is 43.9 Å². The van der Waals surface area contributed by atoms with Gasteiger partial charge in [-0.15, -0.1) is 13.2 Å². The third kappa shape index (κ3) is 8.84. The van der Waals surface area contributed by atoms with Crippen LogP contribution in [0.4, 0.5) is 5.69 Å². The van der Waals surface area contributed by atoms with Gasteiger partial charge >= 0.3 is 0 Å². The lowest BCUT2D eigenvalue weighted by Gasteiger charge is -2.29. The summed E-state index contributed by atoms with van der Waals surface area (Å²) in [6.45, 7) is 4.61. The van der Waals surface area contributed by atoms with E-state index in [1.54, 1.807) is 36.4 Å². The molecule has 1 aliphatic carbocycles. The summed E-state index contributed by atoms with van der Waals surface area (Å²) in [6.07, 6.45) is 0. The number of hydrogen-bond donors (Lipinski definition) is 1. The number of carbonyl (C=O) groups excluding carboxylic acids is 2. The highest BCUT2D eigenvalue weighted by Gasteiger charge is 2.22. The van der Waals surface area contributed by atoms with Crippen molar-refractivity contribution in [1.29, 1.82) is 0 Å². The Morgan fingerprint density at radius 3 is 2.33 bits per heavy atom. The minimum atomic E-state index is -1.43. The number of rotatable bonds is 17. The Kier molecular flexibility index (Phi) is 12.3. The molecule has 0 bridgehead atoms. The van der Waals surface area contributed by atoms with E-state index in [0.717, 1.165) is 38.6 Å². The smallest absolute Gasteiger partial charge is 0.143 e. The summed E-state index contributed by atoms with van der Waals surface area (Å²) in [6, 6.07) is 20.7. The Balaban J connectivity index is 1.54. The van der Waals surface area contributed by atoms with E-state index in [4.69, 9.17) is 13.9 Å². The van der Waals surface area contributed by atoms with Crippen molar-refractivity contribution >= 4 is 28.6 Å². The van der Waals surface area contributed by atoms with Gasteiger partial charge in [0, 0.05) is 41.2 Å². The standard InChI is InChI=1S/C39H41N3O9/c1-4-40-27-8-11-29-34(22-27)51-33-19-24(2)5-9-28(33)37(29)26-7-10-30(38(39(47)48)41-13-15-43)32(21-26)49-17-18-50-35-20-25(3)6-12-31(35)42(14-16-44)23-36(45)46/h5-12,19-22,38,41H,4,13-18,23H2,1-3H3,(H,45,46)(H,47,48)/q-2/p-2. The zero-order valence-corrected chi connectivity index (χ0v) is 28.7. The fourth-order valence-corrected chi connectivity index (χ4v) is 6.01. The predicted octanol–water partition coefficient (Wildman–Crippen LogP) is 0.857. The van der Waals surface area contributed by atoms with Gasteiger partial charge in [-0.2, -0.15) is 0 Å². The predicted molar refractivity (Wildman–Crippen MR) is 184 cm³/mol. The average Bonchev–Trinajstić information content (AvgIpc) is 3.09. The van der Waals surface area contributed by atoms with Crippen LogP contribution < -0.4 is 45.5 Å². The summed E-state index contributed by atoms with van der Waals surface area (Å²) in [4.78, 5) is 29.6. The van der Waals surface area contributed by atoms with Crippen molar-refractivity contribution in [1.82, 2.24) is 5.32 Å². The van der Waals surface area contributed by atoms with Crippen molar-refractivity contribution in [3.63, 3.8) is 0 Å². The van der Waals surface area contributed by atoms with Gasteiger partial charge in [0.15, 0.2) is 0 Å². The van der Waals surface area contributed by atoms with Gasteiger partial charge in [-0.1, -0.05) is 30.3 Å². The molecular weight excluding hydrogens is 654 g/mol. The number of benzene rings is 4. The van der Waals surface area contributed by atoms with Crippen LogP contribution in [0.2, 0.25) is 0 Å². The van der Waals surface area contributed by atoms with E-state index in [9.17, 15) is 30.0 Å². The van der Waals surface area contributed by atoms with Gasteiger partial charge < -0.3 is 54.1 Å². The molecule has 1 heterocycles. The number of fused-ring (bicyclic) bond motifs is 2. The van der Waals surface area contributed by atoms with Crippen LogP contribution in [-0.2, 0) is 9.59 Å². The second-order valence-electron chi connectivity index (χ2n) is 12.0. The van der Waals surface area contributed by atoms with Crippen molar-refractivity contribution in [2.45, 2.75) is 26.8 Å².